The molecular weight excluding hydrogens is 184 g/mol. The van der Waals surface area contributed by atoms with E-state index in [1.807, 2.05) is 6.92 Å². The van der Waals surface area contributed by atoms with Gasteiger partial charge in [0, 0.05) is 6.54 Å². The summed E-state index contributed by atoms with van der Waals surface area (Å²) >= 11 is 0. The van der Waals surface area contributed by atoms with E-state index in [0.717, 1.165) is 13.0 Å². The molecule has 0 radical (unpaired) electrons. The van der Waals surface area contributed by atoms with Crippen molar-refractivity contribution in [1.82, 2.24) is 10.2 Å². The van der Waals surface area contributed by atoms with Gasteiger partial charge in [-0.2, -0.15) is 5.10 Å². The van der Waals surface area contributed by atoms with Crippen molar-refractivity contribution in [3.63, 3.8) is 0 Å². The van der Waals surface area contributed by atoms with Crippen LogP contribution in [0.15, 0.2) is 0 Å². The molecule has 1 heterocycles. The van der Waals surface area contributed by atoms with Gasteiger partial charge in [-0.1, -0.05) is 6.92 Å². The summed E-state index contributed by atoms with van der Waals surface area (Å²) in [4.78, 5) is 11.3. The van der Waals surface area contributed by atoms with Gasteiger partial charge < -0.3 is 15.8 Å². The molecule has 6 heteroatoms. The SMILES string of the molecule is CCCNc1n[nH]c(N)c1C(=O)OC. The first-order valence-electron chi connectivity index (χ1n) is 4.36. The summed E-state index contributed by atoms with van der Waals surface area (Å²) in [6, 6.07) is 0. The topological polar surface area (TPSA) is 93.0 Å². The molecule has 0 aliphatic carbocycles. The number of anilines is 2. The lowest BCUT2D eigenvalue weighted by Gasteiger charge is -2.02. The number of nitrogens with zero attached hydrogens (tertiary/aromatic N) is 1. The van der Waals surface area contributed by atoms with Crippen LogP contribution in [-0.4, -0.2) is 29.8 Å². The van der Waals surface area contributed by atoms with Gasteiger partial charge in [-0.3, -0.25) is 5.10 Å². The molecular formula is C8H14N4O2. The summed E-state index contributed by atoms with van der Waals surface area (Å²) in [5.74, 6) is 0.168. The van der Waals surface area contributed by atoms with Gasteiger partial charge in [-0.25, -0.2) is 4.79 Å². The lowest BCUT2D eigenvalue weighted by Crippen LogP contribution is -2.09. The minimum Gasteiger partial charge on any atom is -0.465 e. The second-order valence-corrected chi connectivity index (χ2v) is 2.78. The summed E-state index contributed by atoms with van der Waals surface area (Å²) in [5.41, 5.74) is 5.80. The number of hydrogen-bond acceptors (Lipinski definition) is 5. The largest absolute Gasteiger partial charge is 0.465 e. The van der Waals surface area contributed by atoms with E-state index in [2.05, 4.69) is 20.3 Å². The van der Waals surface area contributed by atoms with Gasteiger partial charge in [0.05, 0.1) is 7.11 Å². The molecule has 14 heavy (non-hydrogen) atoms. The first kappa shape index (κ1) is 10.4. The average Bonchev–Trinajstić information content (AvgIpc) is 2.55. The number of rotatable bonds is 4. The Morgan fingerprint density at radius 3 is 3.00 bits per heavy atom. The van der Waals surface area contributed by atoms with E-state index in [4.69, 9.17) is 5.73 Å². The fraction of sp³-hybridized carbons (Fsp3) is 0.500. The van der Waals surface area contributed by atoms with Gasteiger partial charge in [-0.05, 0) is 6.42 Å². The number of nitrogen functional groups attached to an aromatic ring is 1. The van der Waals surface area contributed by atoms with Crippen LogP contribution in [-0.2, 0) is 4.74 Å². The predicted octanol–water partition coefficient (Wildman–Crippen LogP) is 0.600. The fourth-order valence-electron chi connectivity index (χ4n) is 1.04. The molecule has 78 valence electrons. The molecule has 0 spiro atoms. The zero-order valence-electron chi connectivity index (χ0n) is 8.26. The van der Waals surface area contributed by atoms with Crippen LogP contribution in [0.1, 0.15) is 23.7 Å². The maximum Gasteiger partial charge on any atom is 0.345 e. The highest BCUT2D eigenvalue weighted by Gasteiger charge is 2.18. The van der Waals surface area contributed by atoms with Crippen molar-refractivity contribution in [3.8, 4) is 0 Å². The van der Waals surface area contributed by atoms with Crippen LogP contribution in [0.3, 0.4) is 0 Å². The van der Waals surface area contributed by atoms with E-state index >= 15 is 0 Å². The quantitative estimate of drug-likeness (QED) is 0.616. The van der Waals surface area contributed by atoms with Crippen molar-refractivity contribution in [2.45, 2.75) is 13.3 Å². The molecule has 0 aliphatic rings. The summed E-state index contributed by atoms with van der Waals surface area (Å²) in [5, 5.41) is 9.36. The van der Waals surface area contributed by atoms with Crippen LogP contribution in [0, 0.1) is 0 Å². The van der Waals surface area contributed by atoms with E-state index in [1.165, 1.54) is 7.11 Å². The summed E-state index contributed by atoms with van der Waals surface area (Å²) < 4.78 is 4.58. The van der Waals surface area contributed by atoms with Crippen molar-refractivity contribution in [2.24, 2.45) is 0 Å². The number of nitrogens with one attached hydrogen (secondary N) is 2. The van der Waals surface area contributed by atoms with Crippen LogP contribution in [0.2, 0.25) is 0 Å². The van der Waals surface area contributed by atoms with Crippen LogP contribution in [0.5, 0.6) is 0 Å². The van der Waals surface area contributed by atoms with Crippen LogP contribution < -0.4 is 11.1 Å². The third-order valence-corrected chi connectivity index (χ3v) is 1.73. The first-order valence-corrected chi connectivity index (χ1v) is 4.36. The van der Waals surface area contributed by atoms with E-state index in [-0.39, 0.29) is 11.4 Å². The molecule has 0 aliphatic heterocycles. The molecule has 0 saturated heterocycles. The Balaban J connectivity index is 2.88. The highest BCUT2D eigenvalue weighted by atomic mass is 16.5. The lowest BCUT2D eigenvalue weighted by atomic mass is 10.3. The van der Waals surface area contributed by atoms with Crippen molar-refractivity contribution in [3.05, 3.63) is 5.56 Å². The molecule has 0 bridgehead atoms. The van der Waals surface area contributed by atoms with Crippen LogP contribution in [0.4, 0.5) is 11.6 Å². The van der Waals surface area contributed by atoms with Gasteiger partial charge in [0.15, 0.2) is 5.82 Å². The van der Waals surface area contributed by atoms with E-state index in [0.29, 0.717) is 5.82 Å². The first-order chi connectivity index (χ1) is 6.70. The second kappa shape index (κ2) is 4.50. The standard InChI is InChI=1S/C8H14N4O2/c1-3-4-10-7-5(8(13)14-2)6(9)11-12-7/h3-4H2,1-2H3,(H4,9,10,11,12). The maximum absolute atomic E-state index is 11.3. The number of aromatic amines is 1. The summed E-state index contributed by atoms with van der Waals surface area (Å²) in [6.07, 6.45) is 0.938. The number of H-pyrrole nitrogens is 1. The van der Waals surface area contributed by atoms with Gasteiger partial charge in [0.2, 0.25) is 0 Å². The van der Waals surface area contributed by atoms with E-state index < -0.39 is 5.97 Å². The van der Waals surface area contributed by atoms with Crippen molar-refractivity contribution >= 4 is 17.6 Å². The Morgan fingerprint density at radius 1 is 1.71 bits per heavy atom. The third kappa shape index (κ3) is 1.95. The smallest absolute Gasteiger partial charge is 0.345 e. The molecule has 0 amide bonds. The molecule has 0 saturated carbocycles. The lowest BCUT2D eigenvalue weighted by molar-refractivity contribution is 0.0603. The monoisotopic (exact) mass is 198 g/mol. The molecule has 1 rings (SSSR count). The number of methoxy groups -OCH3 is 1. The van der Waals surface area contributed by atoms with Gasteiger partial charge in [0.25, 0.3) is 0 Å². The number of ether oxygens (including phenoxy) is 1. The van der Waals surface area contributed by atoms with Gasteiger partial charge in [-0.15, -0.1) is 0 Å². The number of aromatic nitrogens is 2. The number of carbonyl (C=O) groups excluding carboxylic acids is 1. The van der Waals surface area contributed by atoms with Gasteiger partial charge >= 0.3 is 5.97 Å². The molecule has 0 aromatic carbocycles. The van der Waals surface area contributed by atoms with Gasteiger partial charge in [0.1, 0.15) is 11.4 Å². The molecule has 0 fully saturated rings. The zero-order valence-corrected chi connectivity index (χ0v) is 8.26. The van der Waals surface area contributed by atoms with Crippen LogP contribution in [0.25, 0.3) is 0 Å². The fourth-order valence-corrected chi connectivity index (χ4v) is 1.04. The van der Waals surface area contributed by atoms with Crippen molar-refractivity contribution in [1.29, 1.82) is 0 Å². The molecule has 0 unspecified atom stereocenters. The van der Waals surface area contributed by atoms with E-state index in [1.54, 1.807) is 0 Å². The Kier molecular flexibility index (Phi) is 3.33. The Bertz CT molecular complexity index is 321. The zero-order chi connectivity index (χ0) is 10.6. The van der Waals surface area contributed by atoms with Crippen LogP contribution >= 0.6 is 0 Å². The Hall–Kier alpha value is -1.72. The van der Waals surface area contributed by atoms with Crippen molar-refractivity contribution in [2.75, 3.05) is 24.7 Å². The minimum atomic E-state index is -0.491. The summed E-state index contributed by atoms with van der Waals surface area (Å²) in [7, 11) is 1.30. The minimum absolute atomic E-state index is 0.218. The van der Waals surface area contributed by atoms with Crippen molar-refractivity contribution < 1.29 is 9.53 Å². The van der Waals surface area contributed by atoms with E-state index in [9.17, 15) is 4.79 Å². The second-order valence-electron chi connectivity index (χ2n) is 2.78. The highest BCUT2D eigenvalue weighted by molar-refractivity contribution is 5.99. The molecule has 0 atom stereocenters. The molecule has 4 N–H and O–H groups in total. The normalized spacial score (nSPS) is 9.86. The number of esters is 1. The number of carbonyl (C=O) groups is 1. The number of nitrogens with two attached hydrogens (primary N) is 1. The maximum atomic E-state index is 11.3. The summed E-state index contributed by atoms with van der Waals surface area (Å²) in [6.45, 7) is 2.75. The Morgan fingerprint density at radius 2 is 2.43 bits per heavy atom. The molecule has 1 aromatic heterocycles. The predicted molar refractivity (Wildman–Crippen MR) is 53.1 cm³/mol. The Labute approximate surface area is 81.8 Å². The number of hydrogen-bond donors (Lipinski definition) is 3. The molecule has 6 nitrogen and oxygen atoms in total. The highest BCUT2D eigenvalue weighted by Crippen LogP contribution is 2.19. The third-order valence-electron chi connectivity index (χ3n) is 1.73. The average molecular weight is 198 g/mol. The molecule has 1 aromatic rings.